The molecule has 1 N–H and O–H groups in total. The smallest absolute Gasteiger partial charge is 0.263 e. The highest BCUT2D eigenvalue weighted by Crippen LogP contribution is 2.24. The molecule has 1 saturated heterocycles. The molecule has 2 aromatic carbocycles. The molecule has 0 spiro atoms. The Kier molecular flexibility index (Phi) is 6.39. The topological polar surface area (TPSA) is 100 Å². The molecule has 1 aliphatic heterocycles. The Bertz CT molecular complexity index is 1460. The van der Waals surface area contributed by atoms with Crippen LogP contribution in [0.25, 0.3) is 10.9 Å². The molecule has 0 aliphatic carbocycles. The molecule has 1 fully saturated rings. The lowest BCUT2D eigenvalue weighted by Gasteiger charge is -2.41. The lowest BCUT2D eigenvalue weighted by Crippen LogP contribution is -2.54. The van der Waals surface area contributed by atoms with E-state index in [9.17, 15) is 13.2 Å². The van der Waals surface area contributed by atoms with Gasteiger partial charge in [0.2, 0.25) is 11.0 Å². The van der Waals surface area contributed by atoms with E-state index in [-0.39, 0.29) is 29.9 Å². The fraction of sp³-hybridized carbons (Fsp3) is 0.261. The average molecular weight is 533 g/mol. The van der Waals surface area contributed by atoms with Crippen molar-refractivity contribution in [3.63, 3.8) is 0 Å². The van der Waals surface area contributed by atoms with E-state index in [2.05, 4.69) is 19.0 Å². The first-order valence-electron chi connectivity index (χ1n) is 11.0. The molecule has 2 aromatic heterocycles. The summed E-state index contributed by atoms with van der Waals surface area (Å²) in [5.41, 5.74) is 1.85. The van der Waals surface area contributed by atoms with Crippen LogP contribution in [0.2, 0.25) is 5.02 Å². The summed E-state index contributed by atoms with van der Waals surface area (Å²) in [4.78, 5) is 21.2. The van der Waals surface area contributed by atoms with Crippen molar-refractivity contribution in [2.24, 2.45) is 0 Å². The number of nitrogens with one attached hydrogen (secondary N) is 1. The molecule has 1 atom stereocenters. The Morgan fingerprint density at radius 2 is 2.00 bits per heavy atom. The summed E-state index contributed by atoms with van der Waals surface area (Å²) in [6, 6.07) is 14.4. The van der Waals surface area contributed by atoms with Gasteiger partial charge in [0.15, 0.2) is 0 Å². The van der Waals surface area contributed by atoms with E-state index < -0.39 is 10.0 Å². The van der Waals surface area contributed by atoms with Crippen molar-refractivity contribution < 1.29 is 14.6 Å². The highest BCUT2D eigenvalue weighted by Gasteiger charge is 2.28. The van der Waals surface area contributed by atoms with Crippen LogP contribution in [-0.4, -0.2) is 58.8 Å². The first kappa shape index (κ1) is 23.6. The van der Waals surface area contributed by atoms with Crippen LogP contribution >= 0.6 is 23.1 Å². The molecule has 12 heteroatoms. The van der Waals surface area contributed by atoms with Crippen molar-refractivity contribution in [1.29, 1.82) is 0 Å². The standard InChI is InChI=1S/C23H23ClN6O3S2.H2/c1-16-13-28(19-4-6-20(7-5-19)35(32,33)27-23-25-15-26-34-23)10-11-30(16)22(31)14-29-9-8-17-2-3-18(24)12-21(17)29;/h2-9,12,15-16H,10-11,13-14H2,1H3,(H,25,26,27);1H. The maximum Gasteiger partial charge on any atom is 0.263 e. The van der Waals surface area contributed by atoms with Crippen molar-refractivity contribution >= 4 is 60.8 Å². The van der Waals surface area contributed by atoms with E-state index >= 15 is 0 Å². The summed E-state index contributed by atoms with van der Waals surface area (Å²) < 4.78 is 33.2. The zero-order chi connectivity index (χ0) is 24.6. The summed E-state index contributed by atoms with van der Waals surface area (Å²) in [6.45, 7) is 4.17. The third-order valence-corrected chi connectivity index (χ3v) is 8.38. The highest BCUT2D eigenvalue weighted by molar-refractivity contribution is 7.93. The number of carbonyl (C=O) groups is 1. The number of carbonyl (C=O) groups excluding carboxylic acids is 1. The maximum atomic E-state index is 13.1. The van der Waals surface area contributed by atoms with Gasteiger partial charge in [-0.3, -0.25) is 9.52 Å². The van der Waals surface area contributed by atoms with E-state index in [1.54, 1.807) is 24.3 Å². The monoisotopic (exact) mass is 532 g/mol. The fourth-order valence-corrected chi connectivity index (χ4v) is 6.15. The fourth-order valence-electron chi connectivity index (χ4n) is 4.32. The molecule has 0 bridgehead atoms. The Balaban J connectivity index is 0.00000304. The largest absolute Gasteiger partial charge is 0.368 e. The number of aromatic nitrogens is 3. The van der Waals surface area contributed by atoms with Crippen LogP contribution in [0, 0.1) is 0 Å². The van der Waals surface area contributed by atoms with Crippen LogP contribution in [0.4, 0.5) is 10.8 Å². The SMILES string of the molecule is CC1CN(c2ccc(S(=O)(=O)Nc3ncns3)cc2)CCN1C(=O)Cn1ccc2ccc(Cl)cc21.[HH]. The summed E-state index contributed by atoms with van der Waals surface area (Å²) in [5, 5.41) is 1.91. The molecule has 3 heterocycles. The number of anilines is 2. The molecule has 35 heavy (non-hydrogen) atoms. The predicted molar refractivity (Wildman–Crippen MR) is 140 cm³/mol. The number of nitrogens with zero attached hydrogens (tertiary/aromatic N) is 5. The van der Waals surface area contributed by atoms with Gasteiger partial charge in [-0.15, -0.1) is 0 Å². The number of sulfonamides is 1. The quantitative estimate of drug-likeness (QED) is 0.404. The van der Waals surface area contributed by atoms with E-state index in [0.717, 1.165) is 28.1 Å². The van der Waals surface area contributed by atoms with Gasteiger partial charge in [-0.2, -0.15) is 4.37 Å². The molecule has 0 saturated carbocycles. The first-order chi connectivity index (χ1) is 16.8. The Morgan fingerprint density at radius 3 is 2.71 bits per heavy atom. The Morgan fingerprint density at radius 1 is 1.20 bits per heavy atom. The van der Waals surface area contributed by atoms with Crippen molar-refractivity contribution in [2.45, 2.75) is 24.4 Å². The van der Waals surface area contributed by atoms with E-state index in [4.69, 9.17) is 11.6 Å². The normalized spacial score (nSPS) is 16.6. The molecule has 9 nitrogen and oxygen atoms in total. The minimum Gasteiger partial charge on any atom is -0.368 e. The average Bonchev–Trinajstić information content (AvgIpc) is 3.48. The van der Waals surface area contributed by atoms with Gasteiger partial charge in [0.25, 0.3) is 10.0 Å². The number of hydrogen-bond acceptors (Lipinski definition) is 7. The number of piperazine rings is 1. The zero-order valence-electron chi connectivity index (χ0n) is 18.8. The molecule has 0 radical (unpaired) electrons. The van der Waals surface area contributed by atoms with E-state index in [1.807, 2.05) is 46.9 Å². The number of benzene rings is 2. The van der Waals surface area contributed by atoms with Gasteiger partial charge in [-0.25, -0.2) is 13.4 Å². The molecule has 184 valence electrons. The molecular weight excluding hydrogens is 508 g/mol. The number of rotatable bonds is 6. The predicted octanol–water partition coefficient (Wildman–Crippen LogP) is 3.93. The number of halogens is 1. The van der Waals surface area contributed by atoms with Crippen molar-refractivity contribution in [3.05, 3.63) is 66.1 Å². The summed E-state index contributed by atoms with van der Waals surface area (Å²) in [7, 11) is -3.73. The Hall–Kier alpha value is -3.15. The van der Waals surface area contributed by atoms with Crippen LogP contribution in [0.1, 0.15) is 8.35 Å². The van der Waals surface area contributed by atoms with E-state index in [0.29, 0.717) is 24.7 Å². The van der Waals surface area contributed by atoms with Gasteiger partial charge in [0, 0.05) is 61.1 Å². The summed E-state index contributed by atoms with van der Waals surface area (Å²) >= 11 is 7.12. The molecule has 5 rings (SSSR count). The van der Waals surface area contributed by atoms with Gasteiger partial charge in [-0.05, 0) is 54.8 Å². The number of fused-ring (bicyclic) bond motifs is 1. The Labute approximate surface area is 213 Å². The summed E-state index contributed by atoms with van der Waals surface area (Å²) in [5.74, 6) is 0.0545. The molecule has 4 aromatic rings. The van der Waals surface area contributed by atoms with Gasteiger partial charge < -0.3 is 14.4 Å². The minimum atomic E-state index is -3.73. The second-order valence-corrected chi connectivity index (χ2v) is 11.3. The summed E-state index contributed by atoms with van der Waals surface area (Å²) in [6.07, 6.45) is 3.21. The van der Waals surface area contributed by atoms with Gasteiger partial charge in [-0.1, -0.05) is 17.7 Å². The third kappa shape index (κ3) is 4.97. The number of hydrogen-bond donors (Lipinski definition) is 1. The van der Waals surface area contributed by atoms with Crippen LogP contribution in [0.3, 0.4) is 0 Å². The second kappa shape index (κ2) is 9.48. The molecular formula is C23H25ClN6O3S2. The molecule has 1 unspecified atom stereocenters. The van der Waals surface area contributed by atoms with Crippen LogP contribution in [0.5, 0.6) is 0 Å². The lowest BCUT2D eigenvalue weighted by atomic mass is 10.1. The number of amides is 1. The lowest BCUT2D eigenvalue weighted by molar-refractivity contribution is -0.134. The van der Waals surface area contributed by atoms with Crippen LogP contribution in [-0.2, 0) is 21.4 Å². The van der Waals surface area contributed by atoms with E-state index in [1.165, 1.54) is 6.33 Å². The molecule has 1 amide bonds. The van der Waals surface area contributed by atoms with Crippen molar-refractivity contribution in [1.82, 2.24) is 18.8 Å². The zero-order valence-corrected chi connectivity index (χ0v) is 21.2. The highest BCUT2D eigenvalue weighted by atomic mass is 35.5. The van der Waals surface area contributed by atoms with Crippen molar-refractivity contribution in [3.8, 4) is 0 Å². The van der Waals surface area contributed by atoms with Gasteiger partial charge >= 0.3 is 0 Å². The molecule has 1 aliphatic rings. The van der Waals surface area contributed by atoms with Gasteiger partial charge in [0.05, 0.1) is 4.90 Å². The first-order valence-corrected chi connectivity index (χ1v) is 13.6. The van der Waals surface area contributed by atoms with Crippen LogP contribution < -0.4 is 9.62 Å². The minimum absolute atomic E-state index is 0. The van der Waals surface area contributed by atoms with Gasteiger partial charge in [0.1, 0.15) is 12.9 Å². The van der Waals surface area contributed by atoms with Crippen LogP contribution in [0.15, 0.2) is 66.0 Å². The third-order valence-electron chi connectivity index (χ3n) is 6.08. The van der Waals surface area contributed by atoms with Crippen molar-refractivity contribution in [2.75, 3.05) is 29.3 Å². The maximum absolute atomic E-state index is 13.1. The second-order valence-electron chi connectivity index (χ2n) is 8.37.